The summed E-state index contributed by atoms with van der Waals surface area (Å²) in [7, 11) is 1.57. The molecule has 0 spiro atoms. The van der Waals surface area contributed by atoms with E-state index in [0.717, 1.165) is 0 Å². The Balaban J connectivity index is 2.08. The SMILES string of the molecule is COc1ccc(N2C(=O)c3ccccc3C(C=NC(C)(C)C)C2=O)cc1. The van der Waals surface area contributed by atoms with Crippen molar-refractivity contribution in [1.82, 2.24) is 0 Å². The zero-order valence-corrected chi connectivity index (χ0v) is 15.4. The summed E-state index contributed by atoms with van der Waals surface area (Å²) in [5.74, 6) is -0.551. The average molecular weight is 350 g/mol. The van der Waals surface area contributed by atoms with E-state index < -0.39 is 5.92 Å². The first-order chi connectivity index (χ1) is 12.3. The number of hydrogen-bond acceptors (Lipinski definition) is 4. The number of benzene rings is 2. The summed E-state index contributed by atoms with van der Waals surface area (Å²) < 4.78 is 5.15. The number of carbonyl (C=O) groups excluding carboxylic acids is 2. The van der Waals surface area contributed by atoms with Crippen LogP contribution < -0.4 is 9.64 Å². The van der Waals surface area contributed by atoms with E-state index in [-0.39, 0.29) is 17.4 Å². The molecule has 1 atom stereocenters. The van der Waals surface area contributed by atoms with E-state index >= 15 is 0 Å². The van der Waals surface area contributed by atoms with Gasteiger partial charge < -0.3 is 4.74 Å². The molecule has 2 amide bonds. The number of hydrogen-bond donors (Lipinski definition) is 0. The zero-order chi connectivity index (χ0) is 18.9. The number of carbonyl (C=O) groups is 2. The van der Waals surface area contributed by atoms with Gasteiger partial charge in [-0.3, -0.25) is 14.6 Å². The van der Waals surface area contributed by atoms with E-state index in [1.54, 1.807) is 49.7 Å². The number of aliphatic imine (C=N–C) groups is 1. The Morgan fingerprint density at radius 2 is 1.69 bits per heavy atom. The van der Waals surface area contributed by atoms with Gasteiger partial charge in [0.15, 0.2) is 0 Å². The van der Waals surface area contributed by atoms with Gasteiger partial charge in [-0.05, 0) is 56.7 Å². The van der Waals surface area contributed by atoms with Gasteiger partial charge in [-0.25, -0.2) is 4.90 Å². The van der Waals surface area contributed by atoms with E-state index in [9.17, 15) is 9.59 Å². The Kier molecular flexibility index (Phi) is 4.64. The van der Waals surface area contributed by atoms with Crippen molar-refractivity contribution in [2.45, 2.75) is 32.2 Å². The lowest BCUT2D eigenvalue weighted by molar-refractivity contribution is -0.118. The van der Waals surface area contributed by atoms with E-state index in [4.69, 9.17) is 4.74 Å². The Labute approximate surface area is 153 Å². The number of anilines is 1. The van der Waals surface area contributed by atoms with Crippen LogP contribution in [0.25, 0.3) is 0 Å². The van der Waals surface area contributed by atoms with Crippen LogP contribution in [0, 0.1) is 0 Å². The maximum absolute atomic E-state index is 13.2. The lowest BCUT2D eigenvalue weighted by Crippen LogP contribution is -2.45. The van der Waals surface area contributed by atoms with E-state index in [1.165, 1.54) is 4.90 Å². The molecular formula is C21H22N2O3. The minimum absolute atomic E-state index is 0.299. The zero-order valence-electron chi connectivity index (χ0n) is 15.4. The minimum Gasteiger partial charge on any atom is -0.497 e. The van der Waals surface area contributed by atoms with Crippen LogP contribution >= 0.6 is 0 Å². The number of amides is 2. The fourth-order valence-electron chi connectivity index (χ4n) is 2.87. The first-order valence-corrected chi connectivity index (χ1v) is 8.48. The summed E-state index contributed by atoms with van der Waals surface area (Å²) in [5.41, 5.74) is 1.43. The minimum atomic E-state index is -0.592. The second-order valence-corrected chi connectivity index (χ2v) is 7.19. The molecule has 1 aliphatic heterocycles. The van der Waals surface area contributed by atoms with Crippen molar-refractivity contribution in [2.75, 3.05) is 12.0 Å². The largest absolute Gasteiger partial charge is 0.497 e. The topological polar surface area (TPSA) is 59.0 Å². The van der Waals surface area contributed by atoms with Crippen molar-refractivity contribution < 1.29 is 14.3 Å². The molecule has 0 aromatic heterocycles. The Morgan fingerprint density at radius 1 is 1.04 bits per heavy atom. The van der Waals surface area contributed by atoms with Gasteiger partial charge in [0, 0.05) is 11.8 Å². The van der Waals surface area contributed by atoms with Gasteiger partial charge in [-0.15, -0.1) is 0 Å². The van der Waals surface area contributed by atoms with Crippen molar-refractivity contribution in [3.05, 3.63) is 59.7 Å². The van der Waals surface area contributed by atoms with Gasteiger partial charge in [0.2, 0.25) is 5.91 Å². The van der Waals surface area contributed by atoms with Crippen molar-refractivity contribution in [3.8, 4) is 5.75 Å². The highest BCUT2D eigenvalue weighted by Gasteiger charge is 2.38. The highest BCUT2D eigenvalue weighted by Crippen LogP contribution is 2.32. The van der Waals surface area contributed by atoms with Crippen molar-refractivity contribution >= 4 is 23.7 Å². The molecule has 0 bridgehead atoms. The van der Waals surface area contributed by atoms with E-state index in [2.05, 4.69) is 4.99 Å². The molecule has 3 rings (SSSR count). The Morgan fingerprint density at radius 3 is 2.31 bits per heavy atom. The number of ether oxygens (including phenoxy) is 1. The molecule has 0 fully saturated rings. The van der Waals surface area contributed by atoms with Crippen LogP contribution in [-0.2, 0) is 4.79 Å². The molecule has 2 aromatic rings. The molecule has 2 aromatic carbocycles. The molecule has 1 unspecified atom stereocenters. The predicted molar refractivity (Wildman–Crippen MR) is 102 cm³/mol. The summed E-state index contributed by atoms with van der Waals surface area (Å²) >= 11 is 0. The molecule has 134 valence electrons. The maximum atomic E-state index is 13.2. The molecule has 26 heavy (non-hydrogen) atoms. The van der Waals surface area contributed by atoms with Gasteiger partial charge in [0.1, 0.15) is 5.75 Å². The summed E-state index contributed by atoms with van der Waals surface area (Å²) in [6.45, 7) is 5.90. The molecule has 0 saturated heterocycles. The van der Waals surface area contributed by atoms with Crippen molar-refractivity contribution in [2.24, 2.45) is 4.99 Å². The highest BCUT2D eigenvalue weighted by molar-refractivity contribution is 6.29. The molecule has 0 N–H and O–H groups in total. The van der Waals surface area contributed by atoms with Gasteiger partial charge >= 0.3 is 0 Å². The van der Waals surface area contributed by atoms with Gasteiger partial charge in [0.25, 0.3) is 5.91 Å². The Hall–Kier alpha value is -2.95. The quantitative estimate of drug-likeness (QED) is 0.624. The first-order valence-electron chi connectivity index (χ1n) is 8.48. The normalized spacial score (nSPS) is 17.5. The molecule has 1 heterocycles. The van der Waals surface area contributed by atoms with E-state index in [1.807, 2.05) is 32.9 Å². The van der Waals surface area contributed by atoms with Crippen molar-refractivity contribution in [1.29, 1.82) is 0 Å². The lowest BCUT2D eigenvalue weighted by Gasteiger charge is -2.31. The van der Waals surface area contributed by atoms with Gasteiger partial charge in [-0.2, -0.15) is 0 Å². The van der Waals surface area contributed by atoms with Crippen LogP contribution in [0.3, 0.4) is 0 Å². The molecule has 0 saturated carbocycles. The highest BCUT2D eigenvalue weighted by atomic mass is 16.5. The van der Waals surface area contributed by atoms with Gasteiger partial charge in [0.05, 0.1) is 24.3 Å². The molecule has 0 aliphatic carbocycles. The first kappa shape index (κ1) is 17.9. The van der Waals surface area contributed by atoms with Crippen LogP contribution in [0.4, 0.5) is 5.69 Å². The second-order valence-electron chi connectivity index (χ2n) is 7.19. The second kappa shape index (κ2) is 6.75. The number of nitrogens with zero attached hydrogens (tertiary/aromatic N) is 2. The molecule has 1 aliphatic rings. The molecule has 5 nitrogen and oxygen atoms in total. The average Bonchev–Trinajstić information content (AvgIpc) is 2.61. The smallest absolute Gasteiger partial charge is 0.265 e. The lowest BCUT2D eigenvalue weighted by atomic mass is 9.88. The summed E-state index contributed by atoms with van der Waals surface area (Å²) in [6.07, 6.45) is 1.66. The summed E-state index contributed by atoms with van der Waals surface area (Å²) in [6, 6.07) is 14.1. The molecule has 0 radical (unpaired) electrons. The third kappa shape index (κ3) is 3.38. The number of imide groups is 1. The molecule has 5 heteroatoms. The predicted octanol–water partition coefficient (Wildman–Crippen LogP) is 3.84. The van der Waals surface area contributed by atoms with Crippen molar-refractivity contribution in [3.63, 3.8) is 0 Å². The third-order valence-electron chi connectivity index (χ3n) is 4.16. The fraction of sp³-hybridized carbons (Fsp3) is 0.286. The molecular weight excluding hydrogens is 328 g/mol. The summed E-state index contributed by atoms with van der Waals surface area (Å²) in [4.78, 5) is 31.8. The monoisotopic (exact) mass is 350 g/mol. The van der Waals surface area contributed by atoms with Crippen LogP contribution in [-0.4, -0.2) is 30.7 Å². The summed E-state index contributed by atoms with van der Waals surface area (Å²) in [5, 5.41) is 0. The maximum Gasteiger partial charge on any atom is 0.265 e. The number of rotatable bonds is 3. The number of fused-ring (bicyclic) bond motifs is 1. The van der Waals surface area contributed by atoms with Crippen LogP contribution in [0.15, 0.2) is 53.5 Å². The van der Waals surface area contributed by atoms with Crippen LogP contribution in [0.1, 0.15) is 42.6 Å². The number of methoxy groups -OCH3 is 1. The van der Waals surface area contributed by atoms with Crippen LogP contribution in [0.5, 0.6) is 5.75 Å². The van der Waals surface area contributed by atoms with Gasteiger partial charge in [-0.1, -0.05) is 18.2 Å². The van der Waals surface area contributed by atoms with E-state index in [0.29, 0.717) is 22.6 Å². The third-order valence-corrected chi connectivity index (χ3v) is 4.16. The Bertz CT molecular complexity index is 864. The van der Waals surface area contributed by atoms with Crippen LogP contribution in [0.2, 0.25) is 0 Å². The fourth-order valence-corrected chi connectivity index (χ4v) is 2.87. The standard InChI is InChI=1S/C21H22N2O3/c1-21(2,3)22-13-18-16-7-5-6-8-17(16)19(24)23(20(18)25)14-9-11-15(26-4)12-10-14/h5-13,18H,1-4H3.